The summed E-state index contributed by atoms with van der Waals surface area (Å²) in [4.78, 5) is 83.8. The molecule has 4 unspecified atom stereocenters. The second-order valence-corrected chi connectivity index (χ2v) is 19.3. The molecule has 0 radical (unpaired) electrons. The van der Waals surface area contributed by atoms with Gasteiger partial charge in [-0.2, -0.15) is 0 Å². The number of likely N-dealkylation sites (tertiary alicyclic amines) is 2. The molecule has 4 atom stereocenters. The SMILES string of the molecule is CN1CCN(C(=O)NC(C(=O)N2CCCC2c2ncc(-c3ccc(C#Cc4ccc(-c5cnc(C6CCCN6C(=O)C(NC(=O)N6CCN(C)CC6)c6ccccc6)[nH]5)cc4)cc3)[nH]2)c2ccccc2)CC1. The van der Waals surface area contributed by atoms with Crippen molar-refractivity contribution in [1.82, 2.24) is 60.0 Å². The number of carbonyl (C=O) groups is 4. The van der Waals surface area contributed by atoms with Gasteiger partial charge >= 0.3 is 12.1 Å². The third-order valence-corrected chi connectivity index (χ3v) is 14.5. The Kier molecular flexibility index (Phi) is 14.5. The lowest BCUT2D eigenvalue weighted by Gasteiger charge is -2.34. The monoisotopic (exact) mass is 967 g/mol. The summed E-state index contributed by atoms with van der Waals surface area (Å²) < 4.78 is 0. The van der Waals surface area contributed by atoms with Crippen LogP contribution in [0.5, 0.6) is 0 Å². The van der Waals surface area contributed by atoms with Crippen molar-refractivity contribution in [2.45, 2.75) is 49.9 Å². The molecular weight excluding hydrogens is 905 g/mol. The molecule has 6 heterocycles. The highest BCUT2D eigenvalue weighted by molar-refractivity contribution is 5.89. The van der Waals surface area contributed by atoms with Crippen LogP contribution in [0.4, 0.5) is 9.59 Å². The number of aromatic amines is 2. The van der Waals surface area contributed by atoms with Crippen LogP contribution >= 0.6 is 0 Å². The van der Waals surface area contributed by atoms with Crippen molar-refractivity contribution in [1.29, 1.82) is 0 Å². The number of aromatic nitrogens is 4. The molecule has 16 nitrogen and oxygen atoms in total. The number of urea groups is 2. The number of imidazole rings is 2. The van der Waals surface area contributed by atoms with Gasteiger partial charge in [0.2, 0.25) is 11.8 Å². The maximum absolute atomic E-state index is 14.4. The minimum absolute atomic E-state index is 0.142. The highest BCUT2D eigenvalue weighted by atomic mass is 16.2. The molecule has 2 aromatic heterocycles. The number of benzene rings is 4. The van der Waals surface area contributed by atoms with E-state index in [1.165, 1.54) is 0 Å². The van der Waals surface area contributed by atoms with Crippen molar-refractivity contribution >= 4 is 23.9 Å². The third-order valence-electron chi connectivity index (χ3n) is 14.5. The van der Waals surface area contributed by atoms with Crippen molar-refractivity contribution in [2.24, 2.45) is 0 Å². The molecule has 4 aromatic carbocycles. The van der Waals surface area contributed by atoms with Crippen LogP contribution < -0.4 is 10.6 Å². The number of hydrogen-bond acceptors (Lipinski definition) is 8. The first-order valence-electron chi connectivity index (χ1n) is 25.2. The molecule has 4 aliphatic heterocycles. The Morgan fingerprint density at radius 3 is 1.26 bits per heavy atom. The summed E-state index contributed by atoms with van der Waals surface area (Å²) in [6.07, 6.45) is 6.83. The van der Waals surface area contributed by atoms with Gasteiger partial charge in [0.05, 0.1) is 35.9 Å². The highest BCUT2D eigenvalue weighted by Crippen LogP contribution is 2.36. The molecule has 10 rings (SSSR count). The van der Waals surface area contributed by atoms with Gasteiger partial charge in [0.15, 0.2) is 0 Å². The van der Waals surface area contributed by atoms with Crippen LogP contribution in [0, 0.1) is 11.8 Å². The predicted molar refractivity (Wildman–Crippen MR) is 275 cm³/mol. The largest absolute Gasteiger partial charge is 0.340 e. The zero-order valence-electron chi connectivity index (χ0n) is 41.0. The Morgan fingerprint density at radius 1 is 0.514 bits per heavy atom. The van der Waals surface area contributed by atoms with E-state index < -0.39 is 12.1 Å². The summed E-state index contributed by atoms with van der Waals surface area (Å²) in [5.74, 6) is 7.74. The number of hydrogen-bond donors (Lipinski definition) is 4. The number of rotatable bonds is 10. The Hall–Kier alpha value is -7.74. The number of amides is 6. The molecule has 4 N–H and O–H groups in total. The number of piperazine rings is 2. The Morgan fingerprint density at radius 2 is 0.889 bits per heavy atom. The first-order valence-corrected chi connectivity index (χ1v) is 25.2. The highest BCUT2D eigenvalue weighted by Gasteiger charge is 2.39. The van der Waals surface area contributed by atoms with Gasteiger partial charge in [-0.1, -0.05) is 96.8 Å². The molecule has 6 aromatic rings. The van der Waals surface area contributed by atoms with Gasteiger partial charge in [0.1, 0.15) is 23.7 Å². The van der Waals surface area contributed by atoms with E-state index >= 15 is 0 Å². The van der Waals surface area contributed by atoms with E-state index in [1.54, 1.807) is 9.80 Å². The van der Waals surface area contributed by atoms with Gasteiger partial charge in [0.25, 0.3) is 0 Å². The number of carbonyl (C=O) groups excluding carboxylic acids is 4. The third kappa shape index (κ3) is 10.8. The van der Waals surface area contributed by atoms with E-state index in [0.29, 0.717) is 39.3 Å². The van der Waals surface area contributed by atoms with Crippen LogP contribution in [-0.2, 0) is 9.59 Å². The topological polar surface area (TPSA) is 169 Å². The van der Waals surface area contributed by atoms with Gasteiger partial charge in [-0.3, -0.25) is 9.59 Å². The normalized spacial score (nSPS) is 19.4. The second-order valence-electron chi connectivity index (χ2n) is 19.3. The number of nitrogens with one attached hydrogen (secondary N) is 4. The average molecular weight is 967 g/mol. The molecule has 0 spiro atoms. The zero-order chi connectivity index (χ0) is 49.6. The van der Waals surface area contributed by atoms with Crippen molar-refractivity contribution in [3.8, 4) is 34.4 Å². The standard InChI is InChI=1S/C56H62N12O4/c1-63-29-33-65(34-30-63)55(71)61-49(43-11-5-3-6-12-43)53(69)67-27-9-15-47(67)51-57-37-45(59-51)41-23-19-39(20-24-41)17-18-40-21-25-42(26-22-40)46-38-58-52(60-46)48-16-10-28-68(48)54(70)50(44-13-7-4-8-14-44)62-56(72)66-35-31-64(2)32-36-66/h3-8,11-14,19-26,37-38,47-50H,9-10,15-16,27-36H2,1-2H3,(H,57,59)(H,58,60)(H,61,71)(H,62,72). The van der Waals surface area contributed by atoms with Crippen LogP contribution in [0.25, 0.3) is 22.5 Å². The van der Waals surface area contributed by atoms with Crippen LogP contribution in [0.1, 0.15) is 83.8 Å². The van der Waals surface area contributed by atoms with Crippen LogP contribution in [-0.4, -0.2) is 153 Å². The minimum Gasteiger partial charge on any atom is -0.340 e. The molecular formula is C56H62N12O4. The zero-order valence-corrected chi connectivity index (χ0v) is 41.0. The molecule has 16 heteroatoms. The van der Waals surface area contributed by atoms with E-state index in [9.17, 15) is 19.2 Å². The second kappa shape index (κ2) is 21.7. The number of H-pyrrole nitrogens is 2. The lowest BCUT2D eigenvalue weighted by atomic mass is 10.0. The minimum atomic E-state index is -0.812. The summed E-state index contributed by atoms with van der Waals surface area (Å²) >= 11 is 0. The van der Waals surface area contributed by atoms with Crippen molar-refractivity contribution < 1.29 is 19.2 Å². The molecule has 0 saturated carbocycles. The Bertz CT molecular complexity index is 2700. The predicted octanol–water partition coefficient (Wildman–Crippen LogP) is 6.59. The fraction of sp³-hybridized carbons (Fsp3) is 0.357. The fourth-order valence-corrected chi connectivity index (χ4v) is 10.2. The smallest absolute Gasteiger partial charge is 0.318 e. The molecule has 0 bridgehead atoms. The Balaban J connectivity index is 0.765. The van der Waals surface area contributed by atoms with Gasteiger partial charge in [-0.05, 0) is 86.3 Å². The summed E-state index contributed by atoms with van der Waals surface area (Å²) in [6, 6.07) is 32.4. The molecule has 4 saturated heterocycles. The van der Waals surface area contributed by atoms with E-state index in [-0.39, 0.29) is 36.0 Å². The summed E-state index contributed by atoms with van der Waals surface area (Å²) in [5, 5.41) is 6.15. The van der Waals surface area contributed by atoms with Crippen LogP contribution in [0.2, 0.25) is 0 Å². The molecule has 72 heavy (non-hydrogen) atoms. The number of likely N-dealkylation sites (N-methyl/N-ethyl adjacent to an activating group) is 2. The van der Waals surface area contributed by atoms with Crippen molar-refractivity contribution in [3.05, 3.63) is 155 Å². The van der Waals surface area contributed by atoms with Crippen molar-refractivity contribution in [3.63, 3.8) is 0 Å². The quantitative estimate of drug-likeness (QED) is 0.112. The van der Waals surface area contributed by atoms with Crippen LogP contribution in [0.3, 0.4) is 0 Å². The maximum Gasteiger partial charge on any atom is 0.318 e. The summed E-state index contributed by atoms with van der Waals surface area (Å²) in [5.41, 5.74) is 6.83. The van der Waals surface area contributed by atoms with E-state index in [0.717, 1.165) is 108 Å². The first kappa shape index (κ1) is 47.9. The van der Waals surface area contributed by atoms with Crippen LogP contribution in [0.15, 0.2) is 122 Å². The maximum atomic E-state index is 14.4. The van der Waals surface area contributed by atoms with Gasteiger partial charge in [0, 0.05) is 76.6 Å². The van der Waals surface area contributed by atoms with Gasteiger partial charge in [-0.15, -0.1) is 0 Å². The molecule has 4 aliphatic rings. The van der Waals surface area contributed by atoms with Crippen molar-refractivity contribution in [2.75, 3.05) is 79.5 Å². The molecule has 370 valence electrons. The fourth-order valence-electron chi connectivity index (χ4n) is 10.2. The average Bonchev–Trinajstić information content (AvgIpc) is 4.28. The van der Waals surface area contributed by atoms with Gasteiger partial charge in [-0.25, -0.2) is 19.6 Å². The van der Waals surface area contributed by atoms with E-state index in [1.807, 2.05) is 145 Å². The lowest BCUT2D eigenvalue weighted by molar-refractivity contribution is -0.135. The molecule has 6 amide bonds. The summed E-state index contributed by atoms with van der Waals surface area (Å²) in [6.45, 7) is 6.79. The van der Waals surface area contributed by atoms with E-state index in [4.69, 9.17) is 9.97 Å². The van der Waals surface area contributed by atoms with Gasteiger partial charge < -0.3 is 50.0 Å². The summed E-state index contributed by atoms with van der Waals surface area (Å²) in [7, 11) is 4.09. The number of nitrogens with zero attached hydrogens (tertiary/aromatic N) is 8. The lowest BCUT2D eigenvalue weighted by Crippen LogP contribution is -2.53. The molecule has 4 fully saturated rings. The Labute approximate surface area is 420 Å². The molecule has 0 aliphatic carbocycles. The van der Waals surface area contributed by atoms with E-state index in [2.05, 4.69) is 42.2 Å². The first-order chi connectivity index (χ1) is 35.1.